The average Bonchev–Trinajstić information content (AvgIpc) is 2.36. The number of aliphatic carboxylic acids is 2. The fraction of sp³-hybridized carbons (Fsp3) is 0.714. The summed E-state index contributed by atoms with van der Waals surface area (Å²) in [5, 5.41) is 18.6. The maximum absolute atomic E-state index is 9.28. The zero-order valence-electron chi connectivity index (χ0n) is 8.04. The first-order valence-corrected chi connectivity index (χ1v) is 3.60. The van der Waals surface area contributed by atoms with Crippen molar-refractivity contribution in [2.24, 2.45) is 0 Å². The minimum Gasteiger partial charge on any atom is -1.00 e. The normalized spacial score (nSPS) is 11.7. The third-order valence-corrected chi connectivity index (χ3v) is 1.12. The number of hydrogen-bond donors (Lipinski definition) is 0. The Balaban J connectivity index is -0.0000000687. The summed E-state index contributed by atoms with van der Waals surface area (Å²) in [7, 11) is 0. The van der Waals surface area contributed by atoms with Gasteiger partial charge in [-0.15, -0.1) is 0 Å². The first kappa shape index (κ1) is 24.5. The van der Waals surface area contributed by atoms with Gasteiger partial charge in [0, 0.05) is 31.6 Å². The van der Waals surface area contributed by atoms with Crippen molar-refractivity contribution in [2.45, 2.75) is 19.3 Å². The van der Waals surface area contributed by atoms with E-state index in [1.807, 2.05) is 0 Å². The predicted octanol–water partition coefficient (Wildman–Crippen LogP) is -8.70. The van der Waals surface area contributed by atoms with Crippen LogP contribution < -0.4 is 35.0 Å². The van der Waals surface area contributed by atoms with E-state index in [1.165, 1.54) is 12.8 Å². The van der Waals surface area contributed by atoms with E-state index in [9.17, 15) is 19.8 Å². The smallest absolute Gasteiger partial charge is 1.00 e. The summed E-state index contributed by atoms with van der Waals surface area (Å²) in [6.07, 6.45) is 1.53. The van der Waals surface area contributed by atoms with Gasteiger partial charge in [0.15, 0.2) is 0 Å². The Kier molecular flexibility index (Phi) is 27.2. The molecule has 0 atom stereocenters. The fourth-order valence-corrected chi connectivity index (χ4v) is 0.628. The second-order valence-electron chi connectivity index (χ2n) is 2.24. The Labute approximate surface area is 117 Å². The van der Waals surface area contributed by atoms with Crippen molar-refractivity contribution < 1.29 is 49.4 Å². The van der Waals surface area contributed by atoms with Crippen LogP contribution in [0.2, 0.25) is 0 Å². The van der Waals surface area contributed by atoms with E-state index in [-0.39, 0.29) is 47.9 Å². The van der Waals surface area contributed by atoms with E-state index in [0.717, 1.165) is 13.2 Å². The first-order valence-electron chi connectivity index (χ1n) is 3.60. The van der Waals surface area contributed by atoms with Crippen LogP contribution in [0.4, 0.5) is 0 Å². The van der Waals surface area contributed by atoms with Crippen LogP contribution in [-0.2, 0) is 14.3 Å². The summed E-state index contributed by atoms with van der Waals surface area (Å²) in [4.78, 5) is 18.6. The molecule has 0 amide bonds. The van der Waals surface area contributed by atoms with Gasteiger partial charge in [0.2, 0.25) is 0 Å². The second-order valence-corrected chi connectivity index (χ2v) is 2.24. The molecule has 0 bridgehead atoms. The van der Waals surface area contributed by atoms with Gasteiger partial charge in [0.25, 0.3) is 0 Å². The monoisotopic (exact) mass is 268 g/mol. The van der Waals surface area contributed by atoms with Crippen molar-refractivity contribution in [3.63, 3.8) is 0 Å². The molecule has 1 heterocycles. The molecule has 0 aromatic rings. The Morgan fingerprint density at radius 2 is 1.33 bits per heavy atom. The molecule has 1 saturated heterocycles. The second kappa shape index (κ2) is 16.7. The van der Waals surface area contributed by atoms with Crippen molar-refractivity contribution in [3.05, 3.63) is 0 Å². The number of halogens is 2. The van der Waals surface area contributed by atoms with E-state index < -0.39 is 18.4 Å². The zero-order valence-corrected chi connectivity index (χ0v) is 11.0. The van der Waals surface area contributed by atoms with Gasteiger partial charge in [-0.1, -0.05) is 0 Å². The van der Waals surface area contributed by atoms with E-state index in [0.29, 0.717) is 0 Å². The molecule has 0 aliphatic carbocycles. The van der Waals surface area contributed by atoms with Gasteiger partial charge in [-0.25, -0.2) is 0 Å². The molecule has 0 radical (unpaired) electrons. The summed E-state index contributed by atoms with van der Waals surface area (Å²) >= 11 is 0. The number of hydrogen-bond acceptors (Lipinski definition) is 5. The van der Waals surface area contributed by atoms with Gasteiger partial charge in [-0.05, 0) is 12.8 Å². The maximum atomic E-state index is 9.28. The van der Waals surface area contributed by atoms with Crippen molar-refractivity contribution in [1.82, 2.24) is 0 Å². The predicted molar refractivity (Wildman–Crippen MR) is 40.4 cm³/mol. The maximum Gasteiger partial charge on any atom is 2.00 e. The van der Waals surface area contributed by atoms with Crippen LogP contribution in [0.5, 0.6) is 0 Å². The molecule has 86 valence electrons. The number of rotatable bonds is 2. The summed E-state index contributed by atoms with van der Waals surface area (Å²) < 4.78 is 4.94. The Morgan fingerprint density at radius 1 is 1.00 bits per heavy atom. The molecule has 0 aromatic carbocycles. The summed E-state index contributed by atoms with van der Waals surface area (Å²) in [6.45, 7) is 2.00. The summed E-state index contributed by atoms with van der Waals surface area (Å²) in [5.41, 5.74) is 0. The van der Waals surface area contributed by atoms with Gasteiger partial charge < -0.3 is 49.4 Å². The molecular weight excluding hydrogens is 259 g/mol. The van der Waals surface area contributed by atoms with E-state index in [2.05, 4.69) is 0 Å². The molecule has 0 unspecified atom stereocenters. The molecule has 1 fully saturated rings. The molecule has 0 N–H and O–H groups in total. The molecule has 15 heavy (non-hydrogen) atoms. The van der Waals surface area contributed by atoms with Crippen LogP contribution in [0.15, 0.2) is 0 Å². The Hall–Kier alpha value is 0.246. The van der Waals surface area contributed by atoms with Gasteiger partial charge in [0.05, 0.1) is 0 Å². The van der Waals surface area contributed by atoms with Crippen LogP contribution >= 0.6 is 0 Å². The number of carboxylic acids is 2. The van der Waals surface area contributed by atoms with Crippen molar-refractivity contribution in [1.29, 1.82) is 0 Å². The van der Waals surface area contributed by atoms with Crippen LogP contribution in [0.1, 0.15) is 19.3 Å². The molecular formula is C7H10Cl2MgO5-2. The molecule has 8 heteroatoms. The number of carbonyl (C=O) groups excluding carboxylic acids is 2. The SMILES string of the molecule is C1CCOC1.O=C([O-])CC(=O)[O-].[Cl-].[Cl-].[Mg+2]. The fourth-order valence-electron chi connectivity index (χ4n) is 0.628. The molecule has 5 nitrogen and oxygen atoms in total. The average molecular weight is 269 g/mol. The molecule has 0 spiro atoms. The van der Waals surface area contributed by atoms with Crippen molar-refractivity contribution in [2.75, 3.05) is 13.2 Å². The van der Waals surface area contributed by atoms with E-state index in [4.69, 9.17) is 4.74 Å². The van der Waals surface area contributed by atoms with Crippen molar-refractivity contribution in [3.8, 4) is 0 Å². The first-order chi connectivity index (χ1) is 5.63. The zero-order chi connectivity index (χ0) is 9.40. The standard InChI is InChI=1S/C4H8O.C3H4O4.2ClH.Mg/c1-2-4-5-3-1;4-2(5)1-3(6)7;;;/h1-4H2;1H2,(H,4,5)(H,6,7);2*1H;/q;;;;+2/p-4. The van der Waals surface area contributed by atoms with Gasteiger partial charge in [-0.3, -0.25) is 0 Å². The summed E-state index contributed by atoms with van der Waals surface area (Å²) in [5.74, 6) is -3.25. The summed E-state index contributed by atoms with van der Waals surface area (Å²) in [6, 6.07) is 0. The van der Waals surface area contributed by atoms with Crippen molar-refractivity contribution >= 4 is 35.0 Å². The number of carbonyl (C=O) groups is 2. The minimum absolute atomic E-state index is 0. The Morgan fingerprint density at radius 3 is 1.40 bits per heavy atom. The van der Waals surface area contributed by atoms with Gasteiger partial charge in [0.1, 0.15) is 0 Å². The van der Waals surface area contributed by atoms with Crippen LogP contribution in [0.3, 0.4) is 0 Å². The molecule has 1 aliphatic rings. The van der Waals surface area contributed by atoms with Crippen LogP contribution in [0.25, 0.3) is 0 Å². The quantitative estimate of drug-likeness (QED) is 0.367. The van der Waals surface area contributed by atoms with E-state index in [1.54, 1.807) is 0 Å². The van der Waals surface area contributed by atoms with Gasteiger partial charge >= 0.3 is 23.1 Å². The topological polar surface area (TPSA) is 89.5 Å². The minimum atomic E-state index is -1.63. The third kappa shape index (κ3) is 25.0. The largest absolute Gasteiger partial charge is 2.00 e. The molecule has 0 aromatic heterocycles. The number of carboxylic acid groups (broad SMARTS) is 2. The Bertz CT molecular complexity index is 144. The third-order valence-electron chi connectivity index (χ3n) is 1.12. The number of ether oxygens (including phenoxy) is 1. The molecule has 1 aliphatic heterocycles. The van der Waals surface area contributed by atoms with Gasteiger partial charge in [-0.2, -0.15) is 0 Å². The molecule has 0 saturated carbocycles. The van der Waals surface area contributed by atoms with Crippen LogP contribution in [-0.4, -0.2) is 48.2 Å². The van der Waals surface area contributed by atoms with Crippen LogP contribution in [0, 0.1) is 0 Å². The molecule has 1 rings (SSSR count). The van der Waals surface area contributed by atoms with E-state index >= 15 is 0 Å².